The number of hydrogen-bond donors (Lipinski definition) is 2. The lowest BCUT2D eigenvalue weighted by molar-refractivity contribution is -0.140. The quantitative estimate of drug-likeness (QED) is 0.819. The molecule has 3 rings (SSSR count). The van der Waals surface area contributed by atoms with E-state index in [1.807, 2.05) is 30.3 Å². The number of thiol groups is 1. The fourth-order valence-electron chi connectivity index (χ4n) is 2.86. The Kier molecular flexibility index (Phi) is 4.67. The Bertz CT molecular complexity index is 835. The van der Waals surface area contributed by atoms with E-state index in [0.717, 1.165) is 15.4 Å². The minimum Gasteiger partial charge on any atom is -0.480 e. The number of hydrogen-bond acceptors (Lipinski definition) is 4. The molecule has 7 heteroatoms. The summed E-state index contributed by atoms with van der Waals surface area (Å²) < 4.78 is 26.6. The van der Waals surface area contributed by atoms with Crippen molar-refractivity contribution >= 4 is 28.6 Å². The summed E-state index contributed by atoms with van der Waals surface area (Å²) in [6, 6.07) is 15.0. The summed E-state index contributed by atoms with van der Waals surface area (Å²) in [6.45, 7) is 0.100. The normalized spacial score (nSPS) is 21.7. The highest BCUT2D eigenvalue weighted by atomic mass is 32.2. The summed E-state index contributed by atoms with van der Waals surface area (Å²) in [4.78, 5) is 11.4. The first-order valence-corrected chi connectivity index (χ1v) is 9.43. The number of rotatable bonds is 4. The van der Waals surface area contributed by atoms with Crippen molar-refractivity contribution in [3.05, 3.63) is 54.6 Å². The van der Waals surface area contributed by atoms with E-state index in [1.54, 1.807) is 12.1 Å². The van der Waals surface area contributed by atoms with Gasteiger partial charge < -0.3 is 5.11 Å². The van der Waals surface area contributed by atoms with Crippen molar-refractivity contribution < 1.29 is 18.3 Å². The Balaban J connectivity index is 1.92. The number of carboxylic acids is 1. The van der Waals surface area contributed by atoms with Crippen LogP contribution in [0.3, 0.4) is 0 Å². The first-order valence-electron chi connectivity index (χ1n) is 7.48. The van der Waals surface area contributed by atoms with Crippen molar-refractivity contribution in [1.29, 1.82) is 0 Å². The number of aliphatic carboxylic acids is 1. The molecule has 24 heavy (non-hydrogen) atoms. The van der Waals surface area contributed by atoms with E-state index < -0.39 is 22.0 Å². The van der Waals surface area contributed by atoms with Crippen LogP contribution in [0.1, 0.15) is 6.42 Å². The van der Waals surface area contributed by atoms with E-state index in [-0.39, 0.29) is 23.1 Å². The van der Waals surface area contributed by atoms with Crippen molar-refractivity contribution in [3.63, 3.8) is 0 Å². The monoisotopic (exact) mass is 363 g/mol. The van der Waals surface area contributed by atoms with Crippen LogP contribution in [0, 0.1) is 0 Å². The smallest absolute Gasteiger partial charge is 0.322 e. The summed E-state index contributed by atoms with van der Waals surface area (Å²) in [7, 11) is -3.86. The third-order valence-corrected chi connectivity index (χ3v) is 6.35. The van der Waals surface area contributed by atoms with Gasteiger partial charge in [-0.3, -0.25) is 4.79 Å². The second-order valence-corrected chi connectivity index (χ2v) is 8.33. The molecule has 1 aliphatic rings. The molecular weight excluding hydrogens is 346 g/mol. The molecule has 0 amide bonds. The maximum Gasteiger partial charge on any atom is 0.322 e. The van der Waals surface area contributed by atoms with Crippen LogP contribution in [-0.4, -0.2) is 41.6 Å². The zero-order chi connectivity index (χ0) is 17.3. The predicted molar refractivity (Wildman–Crippen MR) is 94.6 cm³/mol. The molecule has 0 saturated carbocycles. The fraction of sp³-hybridized carbons (Fsp3) is 0.235. The highest BCUT2D eigenvalue weighted by Crippen LogP contribution is 2.30. The molecule has 2 aromatic rings. The van der Waals surface area contributed by atoms with Gasteiger partial charge in [0.05, 0.1) is 4.90 Å². The molecule has 0 bridgehead atoms. The Morgan fingerprint density at radius 1 is 1.04 bits per heavy atom. The van der Waals surface area contributed by atoms with Gasteiger partial charge in [0.25, 0.3) is 0 Å². The zero-order valence-electron chi connectivity index (χ0n) is 12.7. The number of carboxylic acid groups (broad SMARTS) is 1. The van der Waals surface area contributed by atoms with Crippen LogP contribution in [0.2, 0.25) is 0 Å². The van der Waals surface area contributed by atoms with Crippen LogP contribution in [0.15, 0.2) is 59.5 Å². The van der Waals surface area contributed by atoms with Gasteiger partial charge in [0.1, 0.15) is 6.04 Å². The molecule has 2 aromatic carbocycles. The minimum atomic E-state index is -3.86. The second-order valence-electron chi connectivity index (χ2n) is 5.71. The Morgan fingerprint density at radius 2 is 1.62 bits per heavy atom. The third-order valence-electron chi connectivity index (χ3n) is 4.09. The van der Waals surface area contributed by atoms with Crippen molar-refractivity contribution in [3.8, 4) is 11.1 Å². The molecule has 1 fully saturated rings. The predicted octanol–water partition coefficient (Wildman–Crippen LogP) is 2.50. The molecule has 1 aliphatic heterocycles. The van der Waals surface area contributed by atoms with Gasteiger partial charge in [0, 0.05) is 11.8 Å². The highest BCUT2D eigenvalue weighted by molar-refractivity contribution is 7.89. The summed E-state index contributed by atoms with van der Waals surface area (Å²) in [5, 5.41) is 8.99. The van der Waals surface area contributed by atoms with Gasteiger partial charge in [-0.25, -0.2) is 8.42 Å². The number of sulfonamides is 1. The number of benzene rings is 2. The van der Waals surface area contributed by atoms with E-state index in [4.69, 9.17) is 0 Å². The van der Waals surface area contributed by atoms with Gasteiger partial charge in [-0.15, -0.1) is 0 Å². The summed E-state index contributed by atoms with van der Waals surface area (Å²) >= 11 is 4.24. The van der Waals surface area contributed by atoms with Crippen LogP contribution >= 0.6 is 12.6 Å². The third kappa shape index (κ3) is 3.19. The van der Waals surface area contributed by atoms with Crippen LogP contribution < -0.4 is 0 Å². The average molecular weight is 363 g/mol. The maximum absolute atomic E-state index is 12.8. The maximum atomic E-state index is 12.8. The second kappa shape index (κ2) is 6.58. The van der Waals surface area contributed by atoms with E-state index in [9.17, 15) is 18.3 Å². The van der Waals surface area contributed by atoms with Crippen molar-refractivity contribution in [2.75, 3.05) is 6.54 Å². The first-order chi connectivity index (χ1) is 11.4. The zero-order valence-corrected chi connectivity index (χ0v) is 14.5. The average Bonchev–Trinajstić information content (AvgIpc) is 2.99. The van der Waals surface area contributed by atoms with Crippen LogP contribution in [0.5, 0.6) is 0 Å². The topological polar surface area (TPSA) is 74.7 Å². The SMILES string of the molecule is O=C(O)[C@@H]1C[C@@H](S)CN1S(=O)(=O)c1ccc(-c2ccccc2)cc1. The van der Waals surface area contributed by atoms with E-state index in [2.05, 4.69) is 12.6 Å². The molecule has 126 valence electrons. The van der Waals surface area contributed by atoms with Crippen molar-refractivity contribution in [2.24, 2.45) is 0 Å². The molecule has 0 aromatic heterocycles. The van der Waals surface area contributed by atoms with Crippen molar-refractivity contribution in [1.82, 2.24) is 4.31 Å². The summed E-state index contributed by atoms with van der Waals surface area (Å²) in [5.74, 6) is -1.14. The van der Waals surface area contributed by atoms with Gasteiger partial charge in [-0.05, 0) is 29.7 Å². The number of nitrogens with zero attached hydrogens (tertiary/aromatic N) is 1. The van der Waals surface area contributed by atoms with Gasteiger partial charge in [0.2, 0.25) is 10.0 Å². The molecular formula is C17H17NO4S2. The van der Waals surface area contributed by atoms with E-state index >= 15 is 0 Å². The van der Waals surface area contributed by atoms with E-state index in [0.29, 0.717) is 0 Å². The first kappa shape index (κ1) is 17.0. The van der Waals surface area contributed by atoms with Crippen LogP contribution in [-0.2, 0) is 14.8 Å². The standard InChI is InChI=1S/C17H17NO4S2/c19-17(20)16-10-14(23)11-18(16)24(21,22)15-8-6-13(7-9-15)12-4-2-1-3-5-12/h1-9,14,16,23H,10-11H2,(H,19,20)/t14-,16+/m1/s1. The molecule has 0 radical (unpaired) electrons. The number of carbonyl (C=O) groups is 1. The molecule has 1 N–H and O–H groups in total. The molecule has 0 unspecified atom stereocenters. The van der Waals surface area contributed by atoms with E-state index in [1.165, 1.54) is 12.1 Å². The lowest BCUT2D eigenvalue weighted by atomic mass is 10.1. The molecule has 2 atom stereocenters. The summed E-state index contributed by atoms with van der Waals surface area (Å²) in [5.41, 5.74) is 1.89. The lowest BCUT2D eigenvalue weighted by Gasteiger charge is -2.21. The van der Waals surface area contributed by atoms with Gasteiger partial charge in [0.15, 0.2) is 0 Å². The molecule has 0 aliphatic carbocycles. The molecule has 1 saturated heterocycles. The van der Waals surface area contributed by atoms with Crippen LogP contribution in [0.4, 0.5) is 0 Å². The Hall–Kier alpha value is -1.83. The van der Waals surface area contributed by atoms with Gasteiger partial charge in [-0.2, -0.15) is 16.9 Å². The minimum absolute atomic E-state index is 0.0934. The van der Waals surface area contributed by atoms with Gasteiger partial charge in [-0.1, -0.05) is 42.5 Å². The largest absolute Gasteiger partial charge is 0.480 e. The molecule has 0 spiro atoms. The summed E-state index contributed by atoms with van der Waals surface area (Å²) in [6.07, 6.45) is 0.208. The van der Waals surface area contributed by atoms with Crippen molar-refractivity contribution in [2.45, 2.75) is 22.6 Å². The highest BCUT2D eigenvalue weighted by Gasteiger charge is 2.42. The Labute approximate surface area is 146 Å². The molecule has 1 heterocycles. The van der Waals surface area contributed by atoms with Crippen LogP contribution in [0.25, 0.3) is 11.1 Å². The van der Waals surface area contributed by atoms with Gasteiger partial charge >= 0.3 is 5.97 Å². The lowest BCUT2D eigenvalue weighted by Crippen LogP contribution is -2.40. The molecule has 5 nitrogen and oxygen atoms in total. The Morgan fingerprint density at radius 3 is 2.21 bits per heavy atom. The fourth-order valence-corrected chi connectivity index (χ4v) is 4.98.